The van der Waals surface area contributed by atoms with Gasteiger partial charge in [0.05, 0.1) is 5.92 Å². The number of amides is 1. The van der Waals surface area contributed by atoms with E-state index in [1.54, 1.807) is 13.8 Å². The van der Waals surface area contributed by atoms with Crippen molar-refractivity contribution in [3.8, 4) is 0 Å². The molecular weight excluding hydrogens is 362 g/mol. The van der Waals surface area contributed by atoms with E-state index in [9.17, 15) is 19.2 Å². The molecule has 0 saturated heterocycles. The lowest BCUT2D eigenvalue weighted by Gasteiger charge is -2.25. The topological polar surface area (TPSA) is 119 Å². The molecular formula is C17H27NO7S. The van der Waals surface area contributed by atoms with Crippen molar-refractivity contribution in [2.75, 3.05) is 5.75 Å². The van der Waals surface area contributed by atoms with Crippen molar-refractivity contribution in [3.63, 3.8) is 0 Å². The molecule has 1 rings (SSSR count). The minimum Gasteiger partial charge on any atom is -0.480 e. The molecule has 26 heavy (non-hydrogen) atoms. The van der Waals surface area contributed by atoms with Gasteiger partial charge >= 0.3 is 17.2 Å². The summed E-state index contributed by atoms with van der Waals surface area (Å²) in [6.07, 6.45) is 3.63. The van der Waals surface area contributed by atoms with Crippen molar-refractivity contribution in [2.24, 2.45) is 11.8 Å². The van der Waals surface area contributed by atoms with Gasteiger partial charge in [0, 0.05) is 18.6 Å². The van der Waals surface area contributed by atoms with Gasteiger partial charge in [-0.3, -0.25) is 9.59 Å². The standard InChI is InChI=1S/C17H27NO7S/c1-10(2)16(24-15(22)12-7-5-4-6-8-12)25-17(23)26-9-13(14(20)21)18-11(3)19/h10,12-13,16H,4-9H2,1-3H3,(H,18,19)(H,20,21)/t13-,16+/m0/s1. The van der Waals surface area contributed by atoms with Gasteiger partial charge in [-0.15, -0.1) is 0 Å². The van der Waals surface area contributed by atoms with Crippen molar-refractivity contribution < 1.29 is 33.8 Å². The second-order valence-corrected chi connectivity index (χ2v) is 7.61. The van der Waals surface area contributed by atoms with E-state index in [0.717, 1.165) is 32.1 Å². The van der Waals surface area contributed by atoms with E-state index >= 15 is 0 Å². The van der Waals surface area contributed by atoms with Crippen LogP contribution in [-0.2, 0) is 23.9 Å². The monoisotopic (exact) mass is 389 g/mol. The van der Waals surface area contributed by atoms with E-state index < -0.39 is 29.5 Å². The third kappa shape index (κ3) is 8.07. The fraction of sp³-hybridized carbons (Fsp3) is 0.765. The van der Waals surface area contributed by atoms with Crippen LogP contribution in [0.2, 0.25) is 0 Å². The van der Waals surface area contributed by atoms with Gasteiger partial charge in [0.2, 0.25) is 5.91 Å². The van der Waals surface area contributed by atoms with Gasteiger partial charge in [-0.25, -0.2) is 9.59 Å². The molecule has 1 saturated carbocycles. The fourth-order valence-electron chi connectivity index (χ4n) is 2.55. The summed E-state index contributed by atoms with van der Waals surface area (Å²) in [5.41, 5.74) is 0. The Labute approximate surface area is 157 Å². The number of ether oxygens (including phenoxy) is 2. The highest BCUT2D eigenvalue weighted by atomic mass is 32.2. The van der Waals surface area contributed by atoms with Crippen molar-refractivity contribution in [1.82, 2.24) is 5.32 Å². The summed E-state index contributed by atoms with van der Waals surface area (Å²) in [6.45, 7) is 4.71. The van der Waals surface area contributed by atoms with Crippen LogP contribution in [0.3, 0.4) is 0 Å². The zero-order valence-corrected chi connectivity index (χ0v) is 16.2. The predicted molar refractivity (Wildman–Crippen MR) is 95.5 cm³/mol. The number of hydrogen-bond acceptors (Lipinski definition) is 7. The fourth-order valence-corrected chi connectivity index (χ4v) is 3.24. The van der Waals surface area contributed by atoms with E-state index in [-0.39, 0.29) is 23.6 Å². The van der Waals surface area contributed by atoms with Crippen molar-refractivity contribution >= 4 is 34.9 Å². The molecule has 0 aromatic rings. The number of hydrogen-bond donors (Lipinski definition) is 2. The molecule has 148 valence electrons. The van der Waals surface area contributed by atoms with Crippen LogP contribution < -0.4 is 5.32 Å². The summed E-state index contributed by atoms with van der Waals surface area (Å²) in [5, 5.41) is 10.5. The maximum atomic E-state index is 12.2. The molecule has 1 aliphatic rings. The lowest BCUT2D eigenvalue weighted by molar-refractivity contribution is -0.179. The molecule has 0 radical (unpaired) electrons. The molecule has 0 aromatic carbocycles. The minimum atomic E-state index is -1.25. The molecule has 0 bridgehead atoms. The molecule has 0 heterocycles. The number of aliphatic carboxylic acids is 1. The number of carboxylic acids is 1. The lowest BCUT2D eigenvalue weighted by Crippen LogP contribution is -2.41. The normalized spacial score (nSPS) is 17.2. The summed E-state index contributed by atoms with van der Waals surface area (Å²) in [6, 6.07) is -1.20. The molecule has 1 amide bonds. The lowest BCUT2D eigenvalue weighted by atomic mass is 9.89. The van der Waals surface area contributed by atoms with Gasteiger partial charge in [0.15, 0.2) is 0 Å². The molecule has 0 aliphatic heterocycles. The highest BCUT2D eigenvalue weighted by Gasteiger charge is 2.29. The summed E-state index contributed by atoms with van der Waals surface area (Å²) >= 11 is 0.615. The highest BCUT2D eigenvalue weighted by molar-refractivity contribution is 8.13. The number of esters is 1. The van der Waals surface area contributed by atoms with Crippen LogP contribution in [0.1, 0.15) is 52.9 Å². The predicted octanol–water partition coefficient (Wildman–Crippen LogP) is 2.55. The van der Waals surface area contributed by atoms with Gasteiger partial charge in [-0.2, -0.15) is 0 Å². The molecule has 9 heteroatoms. The Morgan fingerprint density at radius 2 is 1.73 bits per heavy atom. The Morgan fingerprint density at radius 3 is 2.23 bits per heavy atom. The Hall–Kier alpha value is -1.77. The number of carboxylic acid groups (broad SMARTS) is 1. The van der Waals surface area contributed by atoms with Crippen molar-refractivity contribution in [2.45, 2.75) is 65.2 Å². The second-order valence-electron chi connectivity index (χ2n) is 6.65. The largest absolute Gasteiger partial charge is 0.480 e. The maximum Gasteiger partial charge on any atom is 0.370 e. The maximum absolute atomic E-state index is 12.2. The molecule has 0 spiro atoms. The van der Waals surface area contributed by atoms with Crippen LogP contribution in [0.4, 0.5) is 4.79 Å². The van der Waals surface area contributed by atoms with Crippen LogP contribution in [0.5, 0.6) is 0 Å². The third-order valence-corrected chi connectivity index (χ3v) is 4.80. The van der Waals surface area contributed by atoms with Crippen molar-refractivity contribution in [3.05, 3.63) is 0 Å². The van der Waals surface area contributed by atoms with Crippen molar-refractivity contribution in [1.29, 1.82) is 0 Å². The number of nitrogens with one attached hydrogen (secondary N) is 1. The Kier molecular flexibility index (Phi) is 9.47. The highest BCUT2D eigenvalue weighted by Crippen LogP contribution is 2.26. The first-order chi connectivity index (χ1) is 12.2. The Morgan fingerprint density at radius 1 is 1.12 bits per heavy atom. The zero-order chi connectivity index (χ0) is 19.7. The van der Waals surface area contributed by atoms with Crippen LogP contribution in [0.25, 0.3) is 0 Å². The summed E-state index contributed by atoms with van der Waals surface area (Å²) in [7, 11) is 0. The van der Waals surface area contributed by atoms with Gasteiger partial charge in [-0.05, 0) is 24.6 Å². The molecule has 2 atom stereocenters. The van der Waals surface area contributed by atoms with E-state index in [0.29, 0.717) is 11.8 Å². The quantitative estimate of drug-likeness (QED) is 0.480. The summed E-state index contributed by atoms with van der Waals surface area (Å²) in [5.74, 6) is -2.69. The smallest absolute Gasteiger partial charge is 0.370 e. The third-order valence-electron chi connectivity index (χ3n) is 3.97. The average molecular weight is 389 g/mol. The number of rotatable bonds is 8. The van der Waals surface area contributed by atoms with E-state index in [1.807, 2.05) is 0 Å². The van der Waals surface area contributed by atoms with Gasteiger partial charge < -0.3 is 19.9 Å². The van der Waals surface area contributed by atoms with Crippen LogP contribution in [0.15, 0.2) is 0 Å². The first-order valence-corrected chi connectivity index (χ1v) is 9.73. The zero-order valence-electron chi connectivity index (χ0n) is 15.4. The number of carbonyl (C=O) groups excluding carboxylic acids is 3. The molecule has 1 fully saturated rings. The molecule has 1 aliphatic carbocycles. The van der Waals surface area contributed by atoms with Gasteiger partial charge in [0.1, 0.15) is 6.04 Å². The average Bonchev–Trinajstić information content (AvgIpc) is 2.58. The van der Waals surface area contributed by atoms with Crippen LogP contribution in [-0.4, -0.2) is 46.3 Å². The Bertz CT molecular complexity index is 517. The molecule has 2 N–H and O–H groups in total. The molecule has 8 nitrogen and oxygen atoms in total. The summed E-state index contributed by atoms with van der Waals surface area (Å²) < 4.78 is 10.5. The van der Waals surface area contributed by atoms with E-state index in [2.05, 4.69) is 5.32 Å². The second kappa shape index (κ2) is 11.1. The number of thioether (sulfide) groups is 1. The first-order valence-electron chi connectivity index (χ1n) is 8.74. The molecule has 0 unspecified atom stereocenters. The molecule has 0 aromatic heterocycles. The number of carbonyl (C=O) groups is 4. The summed E-state index contributed by atoms with van der Waals surface area (Å²) in [4.78, 5) is 46.2. The van der Waals surface area contributed by atoms with Gasteiger partial charge in [-0.1, -0.05) is 33.1 Å². The van der Waals surface area contributed by atoms with Crippen LogP contribution >= 0.6 is 11.8 Å². The SMILES string of the molecule is CC(=O)N[C@@H](CSC(=O)O[C@@H](OC(=O)C1CCCCC1)C(C)C)C(=O)O. The van der Waals surface area contributed by atoms with E-state index in [1.165, 1.54) is 6.92 Å². The van der Waals surface area contributed by atoms with Gasteiger partial charge in [0.25, 0.3) is 6.29 Å². The Balaban J connectivity index is 2.52. The minimum absolute atomic E-state index is 0.160. The van der Waals surface area contributed by atoms with Crippen LogP contribution in [0, 0.1) is 11.8 Å². The van der Waals surface area contributed by atoms with E-state index in [4.69, 9.17) is 14.6 Å². The first kappa shape index (κ1) is 22.3.